The Morgan fingerprint density at radius 2 is 2.19 bits per heavy atom. The highest BCUT2D eigenvalue weighted by molar-refractivity contribution is 7.11. The molecule has 0 aliphatic heterocycles. The summed E-state index contributed by atoms with van der Waals surface area (Å²) in [6.07, 6.45) is 5.67. The van der Waals surface area contributed by atoms with Crippen LogP contribution in [-0.2, 0) is 0 Å². The minimum Gasteiger partial charge on any atom is -0.309 e. The molecule has 1 heterocycles. The maximum Gasteiger partial charge on any atom is 0.0900 e. The van der Waals surface area contributed by atoms with Gasteiger partial charge in [-0.05, 0) is 46.1 Å². The number of rotatable bonds is 6. The second kappa shape index (κ2) is 5.28. The summed E-state index contributed by atoms with van der Waals surface area (Å²) in [6, 6.07) is 0.407. The van der Waals surface area contributed by atoms with E-state index in [0.29, 0.717) is 6.04 Å². The van der Waals surface area contributed by atoms with Crippen LogP contribution in [0.5, 0.6) is 0 Å². The first-order chi connectivity index (χ1) is 7.66. The van der Waals surface area contributed by atoms with E-state index in [1.807, 2.05) is 0 Å². The van der Waals surface area contributed by atoms with Crippen molar-refractivity contribution in [3.05, 3.63) is 15.6 Å². The minimum atomic E-state index is 0.407. The van der Waals surface area contributed by atoms with Crippen LogP contribution >= 0.6 is 11.3 Å². The standard InChI is InChI=1S/C13H22N2S/c1-9(13-10(2)16-11(3)15-13)14-8-4-5-12-6-7-12/h9,12,14H,4-8H2,1-3H3. The first kappa shape index (κ1) is 12.1. The molecule has 1 aliphatic rings. The Hall–Kier alpha value is -0.410. The first-order valence-electron chi connectivity index (χ1n) is 6.34. The Bertz CT molecular complexity index is 342. The fourth-order valence-corrected chi connectivity index (χ4v) is 3.07. The van der Waals surface area contributed by atoms with E-state index in [1.54, 1.807) is 11.3 Å². The smallest absolute Gasteiger partial charge is 0.0900 e. The van der Waals surface area contributed by atoms with E-state index in [1.165, 1.54) is 41.3 Å². The summed E-state index contributed by atoms with van der Waals surface area (Å²) >= 11 is 1.80. The van der Waals surface area contributed by atoms with Crippen molar-refractivity contribution in [2.24, 2.45) is 5.92 Å². The van der Waals surface area contributed by atoms with Gasteiger partial charge in [-0.1, -0.05) is 12.8 Å². The van der Waals surface area contributed by atoms with Crippen LogP contribution in [-0.4, -0.2) is 11.5 Å². The Kier molecular flexibility index (Phi) is 3.98. The molecule has 1 aliphatic carbocycles. The molecule has 1 saturated carbocycles. The number of aryl methyl sites for hydroxylation is 2. The molecule has 3 heteroatoms. The lowest BCUT2D eigenvalue weighted by Gasteiger charge is -2.12. The second-order valence-corrected chi connectivity index (χ2v) is 6.34. The molecular formula is C13H22N2S. The molecule has 0 bridgehead atoms. The quantitative estimate of drug-likeness (QED) is 0.766. The lowest BCUT2D eigenvalue weighted by molar-refractivity contribution is 0.525. The lowest BCUT2D eigenvalue weighted by Crippen LogP contribution is -2.20. The van der Waals surface area contributed by atoms with Crippen LogP contribution in [0, 0.1) is 19.8 Å². The summed E-state index contributed by atoms with van der Waals surface area (Å²) in [7, 11) is 0. The number of hydrogen-bond donors (Lipinski definition) is 1. The van der Waals surface area contributed by atoms with E-state index in [4.69, 9.17) is 0 Å². The molecule has 1 aromatic rings. The molecule has 1 atom stereocenters. The Morgan fingerprint density at radius 3 is 2.75 bits per heavy atom. The number of hydrogen-bond acceptors (Lipinski definition) is 3. The average molecular weight is 238 g/mol. The molecule has 0 amide bonds. The maximum atomic E-state index is 4.59. The highest BCUT2D eigenvalue weighted by Crippen LogP contribution is 2.33. The Morgan fingerprint density at radius 1 is 1.44 bits per heavy atom. The highest BCUT2D eigenvalue weighted by Gasteiger charge is 2.20. The highest BCUT2D eigenvalue weighted by atomic mass is 32.1. The zero-order valence-electron chi connectivity index (χ0n) is 10.5. The molecule has 0 spiro atoms. The van der Waals surface area contributed by atoms with Crippen molar-refractivity contribution in [2.75, 3.05) is 6.54 Å². The van der Waals surface area contributed by atoms with Crippen LogP contribution in [0.3, 0.4) is 0 Å². The molecule has 1 fully saturated rings. The number of aromatic nitrogens is 1. The summed E-state index contributed by atoms with van der Waals surface area (Å²) < 4.78 is 0. The Labute approximate surface area is 102 Å². The number of nitrogens with zero attached hydrogens (tertiary/aromatic N) is 1. The van der Waals surface area contributed by atoms with E-state index in [9.17, 15) is 0 Å². The van der Waals surface area contributed by atoms with Crippen LogP contribution in [0.4, 0.5) is 0 Å². The lowest BCUT2D eigenvalue weighted by atomic mass is 10.2. The zero-order valence-corrected chi connectivity index (χ0v) is 11.4. The van der Waals surface area contributed by atoms with E-state index in [0.717, 1.165) is 12.5 Å². The molecule has 1 aromatic heterocycles. The van der Waals surface area contributed by atoms with Gasteiger partial charge in [-0.25, -0.2) is 4.98 Å². The zero-order chi connectivity index (χ0) is 11.5. The topological polar surface area (TPSA) is 24.9 Å². The Balaban J connectivity index is 1.73. The summed E-state index contributed by atoms with van der Waals surface area (Å²) in [5.41, 5.74) is 1.24. The van der Waals surface area contributed by atoms with Crippen molar-refractivity contribution in [3.63, 3.8) is 0 Å². The molecule has 0 radical (unpaired) electrons. The van der Waals surface area contributed by atoms with Crippen LogP contribution in [0.2, 0.25) is 0 Å². The molecule has 0 saturated heterocycles. The van der Waals surface area contributed by atoms with Gasteiger partial charge < -0.3 is 5.32 Å². The third-order valence-electron chi connectivity index (χ3n) is 3.29. The molecular weight excluding hydrogens is 216 g/mol. The van der Waals surface area contributed by atoms with Crippen molar-refractivity contribution < 1.29 is 0 Å². The van der Waals surface area contributed by atoms with Crippen molar-refractivity contribution in [2.45, 2.75) is 52.5 Å². The second-order valence-electron chi connectivity index (χ2n) is 4.94. The molecule has 16 heavy (non-hydrogen) atoms. The largest absolute Gasteiger partial charge is 0.309 e. The van der Waals surface area contributed by atoms with Gasteiger partial charge in [-0.2, -0.15) is 0 Å². The van der Waals surface area contributed by atoms with E-state index in [2.05, 4.69) is 31.1 Å². The van der Waals surface area contributed by atoms with Crippen molar-refractivity contribution in [3.8, 4) is 0 Å². The van der Waals surface area contributed by atoms with E-state index >= 15 is 0 Å². The molecule has 1 unspecified atom stereocenters. The molecule has 0 aromatic carbocycles. The van der Waals surface area contributed by atoms with Gasteiger partial charge in [0, 0.05) is 10.9 Å². The van der Waals surface area contributed by atoms with Gasteiger partial charge in [0.2, 0.25) is 0 Å². The van der Waals surface area contributed by atoms with Gasteiger partial charge in [-0.3, -0.25) is 0 Å². The summed E-state index contributed by atoms with van der Waals surface area (Å²) in [4.78, 5) is 5.95. The van der Waals surface area contributed by atoms with Crippen molar-refractivity contribution in [1.82, 2.24) is 10.3 Å². The molecule has 1 N–H and O–H groups in total. The third kappa shape index (κ3) is 3.29. The van der Waals surface area contributed by atoms with Crippen molar-refractivity contribution >= 4 is 11.3 Å². The number of nitrogens with one attached hydrogen (secondary N) is 1. The van der Waals surface area contributed by atoms with Gasteiger partial charge >= 0.3 is 0 Å². The van der Waals surface area contributed by atoms with Crippen molar-refractivity contribution in [1.29, 1.82) is 0 Å². The van der Waals surface area contributed by atoms with Crippen LogP contribution in [0.15, 0.2) is 0 Å². The van der Waals surface area contributed by atoms with Crippen LogP contribution < -0.4 is 5.32 Å². The fourth-order valence-electron chi connectivity index (χ4n) is 2.16. The summed E-state index contributed by atoms with van der Waals surface area (Å²) in [6.45, 7) is 7.61. The molecule has 90 valence electrons. The van der Waals surface area contributed by atoms with E-state index in [-0.39, 0.29) is 0 Å². The minimum absolute atomic E-state index is 0.407. The van der Waals surface area contributed by atoms with Gasteiger partial charge in [-0.15, -0.1) is 11.3 Å². The SMILES string of the molecule is Cc1nc(C(C)NCCCC2CC2)c(C)s1. The number of thiazole rings is 1. The predicted molar refractivity (Wildman–Crippen MR) is 70.0 cm³/mol. The van der Waals surface area contributed by atoms with Crippen LogP contribution in [0.25, 0.3) is 0 Å². The van der Waals surface area contributed by atoms with Gasteiger partial charge in [0.25, 0.3) is 0 Å². The van der Waals surface area contributed by atoms with Gasteiger partial charge in [0.15, 0.2) is 0 Å². The summed E-state index contributed by atoms with van der Waals surface area (Å²) in [5.74, 6) is 1.06. The maximum absolute atomic E-state index is 4.59. The van der Waals surface area contributed by atoms with Gasteiger partial charge in [0.1, 0.15) is 0 Å². The normalized spacial score (nSPS) is 17.7. The monoisotopic (exact) mass is 238 g/mol. The summed E-state index contributed by atoms with van der Waals surface area (Å²) in [5, 5.41) is 4.76. The van der Waals surface area contributed by atoms with Crippen LogP contribution in [0.1, 0.15) is 54.2 Å². The average Bonchev–Trinajstić information content (AvgIpc) is 2.98. The first-order valence-corrected chi connectivity index (χ1v) is 7.15. The molecule has 2 rings (SSSR count). The van der Waals surface area contributed by atoms with Gasteiger partial charge in [0.05, 0.1) is 10.7 Å². The fraction of sp³-hybridized carbons (Fsp3) is 0.769. The third-order valence-corrected chi connectivity index (χ3v) is 4.19. The van der Waals surface area contributed by atoms with E-state index < -0.39 is 0 Å². The molecule has 2 nitrogen and oxygen atoms in total. The predicted octanol–water partition coefficient (Wildman–Crippen LogP) is 3.60.